The number of benzene rings is 1. The van der Waals surface area contributed by atoms with Crippen molar-refractivity contribution >= 4 is 5.97 Å². The molecule has 2 rings (SSSR count). The van der Waals surface area contributed by atoms with E-state index in [0.717, 1.165) is 5.56 Å². The van der Waals surface area contributed by atoms with Crippen molar-refractivity contribution in [2.75, 3.05) is 20.2 Å². The van der Waals surface area contributed by atoms with Crippen LogP contribution in [0.4, 0.5) is 13.2 Å². The molecule has 1 aliphatic heterocycles. The predicted octanol–water partition coefficient (Wildman–Crippen LogP) is 2.61. The van der Waals surface area contributed by atoms with Gasteiger partial charge in [0, 0.05) is 6.54 Å². The number of carbonyl (C=O) groups excluding carboxylic acids is 1. The highest BCUT2D eigenvalue weighted by molar-refractivity contribution is 5.90. The molecule has 1 aromatic rings. The van der Waals surface area contributed by atoms with Crippen LogP contribution in [-0.2, 0) is 11.3 Å². The summed E-state index contributed by atoms with van der Waals surface area (Å²) in [6.07, 6.45) is -6.26. The number of carbonyl (C=O) groups is 1. The molecule has 1 atom stereocenters. The number of alkyl halides is 3. The molecule has 7 heteroatoms. The fourth-order valence-corrected chi connectivity index (χ4v) is 2.90. The summed E-state index contributed by atoms with van der Waals surface area (Å²) in [5, 5.41) is 9.33. The minimum atomic E-state index is -4.57. The normalized spacial score (nSPS) is 18.7. The summed E-state index contributed by atoms with van der Waals surface area (Å²) >= 11 is 0. The van der Waals surface area contributed by atoms with Crippen molar-refractivity contribution in [3.8, 4) is 0 Å². The van der Waals surface area contributed by atoms with Gasteiger partial charge in [0.15, 0.2) is 6.10 Å². The van der Waals surface area contributed by atoms with Crippen LogP contribution < -0.4 is 0 Å². The highest BCUT2D eigenvalue weighted by Gasteiger charge is 2.44. The van der Waals surface area contributed by atoms with Crippen molar-refractivity contribution in [3.63, 3.8) is 0 Å². The van der Waals surface area contributed by atoms with Gasteiger partial charge >= 0.3 is 12.1 Å². The fraction of sp³-hybridized carbons (Fsp3) is 0.562. The lowest BCUT2D eigenvalue weighted by molar-refractivity contribution is -0.223. The summed E-state index contributed by atoms with van der Waals surface area (Å²) in [5.74, 6) is -1.19. The smallest absolute Gasteiger partial charge is 0.414 e. The first kappa shape index (κ1) is 17.7. The number of esters is 1. The Hall–Kier alpha value is -1.60. The summed E-state index contributed by atoms with van der Waals surface area (Å²) in [5.41, 5.74) is 1.25. The number of aliphatic hydroxyl groups excluding tert-OH is 1. The van der Waals surface area contributed by atoms with E-state index in [2.05, 4.69) is 0 Å². The first-order chi connectivity index (χ1) is 10.8. The average molecular weight is 331 g/mol. The number of hydrogen-bond acceptors (Lipinski definition) is 4. The summed E-state index contributed by atoms with van der Waals surface area (Å²) in [7, 11) is 1.31. The van der Waals surface area contributed by atoms with E-state index in [4.69, 9.17) is 4.74 Å². The van der Waals surface area contributed by atoms with Gasteiger partial charge in [0.25, 0.3) is 0 Å². The molecule has 0 aliphatic carbocycles. The number of piperidine rings is 1. The molecule has 1 aromatic carbocycles. The zero-order valence-electron chi connectivity index (χ0n) is 12.8. The molecule has 0 bridgehead atoms. The Balaban J connectivity index is 1.96. The Morgan fingerprint density at radius 1 is 1.35 bits per heavy atom. The second-order valence-electron chi connectivity index (χ2n) is 5.75. The topological polar surface area (TPSA) is 49.8 Å². The van der Waals surface area contributed by atoms with Gasteiger partial charge in [0.1, 0.15) is 0 Å². The molecule has 23 heavy (non-hydrogen) atoms. The van der Waals surface area contributed by atoms with Gasteiger partial charge in [-0.15, -0.1) is 0 Å². The van der Waals surface area contributed by atoms with Crippen molar-refractivity contribution in [3.05, 3.63) is 35.4 Å². The maximum atomic E-state index is 12.5. The fourth-order valence-electron chi connectivity index (χ4n) is 2.90. The first-order valence-corrected chi connectivity index (χ1v) is 7.46. The largest absolute Gasteiger partial charge is 0.465 e. The van der Waals surface area contributed by atoms with Gasteiger partial charge < -0.3 is 9.84 Å². The molecule has 1 N–H and O–H groups in total. The third-order valence-electron chi connectivity index (χ3n) is 4.23. The molecule has 0 amide bonds. The van der Waals surface area contributed by atoms with Crippen LogP contribution in [0.25, 0.3) is 0 Å². The lowest BCUT2D eigenvalue weighted by Gasteiger charge is -2.34. The van der Waals surface area contributed by atoms with E-state index in [9.17, 15) is 23.1 Å². The molecule has 1 fully saturated rings. The van der Waals surface area contributed by atoms with Gasteiger partial charge in [-0.05, 0) is 43.5 Å². The maximum Gasteiger partial charge on any atom is 0.414 e. The number of hydrogen-bond donors (Lipinski definition) is 1. The monoisotopic (exact) mass is 331 g/mol. The van der Waals surface area contributed by atoms with Crippen LogP contribution in [0.15, 0.2) is 24.3 Å². The number of rotatable bonds is 4. The van der Waals surface area contributed by atoms with Crippen molar-refractivity contribution < 1.29 is 27.8 Å². The van der Waals surface area contributed by atoms with E-state index in [1.165, 1.54) is 7.11 Å². The highest BCUT2D eigenvalue weighted by atomic mass is 19.4. The predicted molar refractivity (Wildman–Crippen MR) is 77.8 cm³/mol. The van der Waals surface area contributed by atoms with E-state index in [0.29, 0.717) is 25.2 Å². The van der Waals surface area contributed by atoms with Crippen molar-refractivity contribution in [1.29, 1.82) is 0 Å². The lowest BCUT2D eigenvalue weighted by Crippen LogP contribution is -2.43. The number of likely N-dealkylation sites (tertiary alicyclic amines) is 1. The number of aliphatic hydroxyl groups is 1. The van der Waals surface area contributed by atoms with Crippen LogP contribution in [0.3, 0.4) is 0 Å². The molecule has 0 radical (unpaired) electrons. The van der Waals surface area contributed by atoms with Gasteiger partial charge in [-0.25, -0.2) is 4.79 Å². The van der Waals surface area contributed by atoms with Gasteiger partial charge in [-0.2, -0.15) is 13.2 Å². The van der Waals surface area contributed by atoms with Gasteiger partial charge in [-0.3, -0.25) is 4.90 Å². The summed E-state index contributed by atoms with van der Waals surface area (Å²) < 4.78 is 42.4. The van der Waals surface area contributed by atoms with Gasteiger partial charge in [0.2, 0.25) is 0 Å². The molecule has 128 valence electrons. The molecular weight excluding hydrogens is 311 g/mol. The molecule has 4 nitrogen and oxygen atoms in total. The zero-order chi connectivity index (χ0) is 17.0. The number of halogens is 3. The van der Waals surface area contributed by atoms with Crippen molar-refractivity contribution in [2.45, 2.75) is 31.7 Å². The third-order valence-corrected chi connectivity index (χ3v) is 4.23. The minimum Gasteiger partial charge on any atom is -0.465 e. The molecule has 1 aliphatic rings. The Bertz CT molecular complexity index is 540. The van der Waals surface area contributed by atoms with Crippen LogP contribution in [-0.4, -0.2) is 48.5 Å². The van der Waals surface area contributed by atoms with E-state index in [1.807, 2.05) is 17.0 Å². The molecule has 0 spiro atoms. The van der Waals surface area contributed by atoms with Crippen molar-refractivity contribution in [1.82, 2.24) is 4.90 Å². The van der Waals surface area contributed by atoms with Crippen LogP contribution >= 0.6 is 0 Å². The van der Waals surface area contributed by atoms with Crippen LogP contribution in [0.1, 0.15) is 28.8 Å². The molecule has 1 unspecified atom stereocenters. The van der Waals surface area contributed by atoms with Crippen LogP contribution in [0, 0.1) is 5.92 Å². The number of nitrogens with zero attached hydrogens (tertiary/aromatic N) is 1. The molecule has 0 aromatic heterocycles. The second kappa shape index (κ2) is 7.31. The number of methoxy groups -OCH3 is 1. The minimum absolute atomic E-state index is 0.279. The van der Waals surface area contributed by atoms with E-state index in [-0.39, 0.29) is 12.8 Å². The Morgan fingerprint density at radius 2 is 1.96 bits per heavy atom. The Labute approximate surface area is 132 Å². The van der Waals surface area contributed by atoms with Gasteiger partial charge in [0.05, 0.1) is 12.7 Å². The molecule has 0 saturated carbocycles. The second-order valence-corrected chi connectivity index (χ2v) is 5.75. The quantitative estimate of drug-likeness (QED) is 0.862. The standard InChI is InChI=1S/C16H20F3NO3/c1-23-15(22)13-5-3-2-4-12(13)10-20-8-6-11(7-9-20)14(21)16(17,18)19/h2-5,11,14,21H,6-10H2,1H3. The van der Waals surface area contributed by atoms with Crippen LogP contribution in [0.5, 0.6) is 0 Å². The average Bonchev–Trinajstić information content (AvgIpc) is 2.54. The summed E-state index contributed by atoms with van der Waals surface area (Å²) in [6.45, 7) is 1.38. The maximum absolute atomic E-state index is 12.5. The first-order valence-electron chi connectivity index (χ1n) is 7.46. The molecular formula is C16H20F3NO3. The SMILES string of the molecule is COC(=O)c1ccccc1CN1CCC(C(O)C(F)(F)F)CC1. The lowest BCUT2D eigenvalue weighted by atomic mass is 9.90. The molecule has 1 saturated heterocycles. The summed E-state index contributed by atoms with van der Waals surface area (Å²) in [6, 6.07) is 7.02. The molecule has 1 heterocycles. The Morgan fingerprint density at radius 3 is 2.52 bits per heavy atom. The van der Waals surface area contributed by atoms with E-state index in [1.54, 1.807) is 12.1 Å². The van der Waals surface area contributed by atoms with Crippen molar-refractivity contribution in [2.24, 2.45) is 5.92 Å². The zero-order valence-corrected chi connectivity index (χ0v) is 12.8. The highest BCUT2D eigenvalue weighted by Crippen LogP contribution is 2.32. The number of ether oxygens (including phenoxy) is 1. The van der Waals surface area contributed by atoms with E-state index >= 15 is 0 Å². The van der Waals surface area contributed by atoms with E-state index < -0.39 is 24.2 Å². The third kappa shape index (κ3) is 4.45. The summed E-state index contributed by atoms with van der Waals surface area (Å²) in [4.78, 5) is 13.7. The van der Waals surface area contributed by atoms with Gasteiger partial charge in [-0.1, -0.05) is 18.2 Å². The van der Waals surface area contributed by atoms with Crippen LogP contribution in [0.2, 0.25) is 0 Å². The Kier molecular flexibility index (Phi) is 5.64.